The van der Waals surface area contributed by atoms with E-state index in [1.165, 1.54) is 69.8 Å². The quantitative estimate of drug-likeness (QED) is 0.391. The van der Waals surface area contributed by atoms with Gasteiger partial charge in [0.15, 0.2) is 0 Å². The summed E-state index contributed by atoms with van der Waals surface area (Å²) in [6.45, 7) is 0. The summed E-state index contributed by atoms with van der Waals surface area (Å²) in [4.78, 5) is 0. The van der Waals surface area contributed by atoms with E-state index in [1.807, 2.05) is 12.1 Å². The van der Waals surface area contributed by atoms with Gasteiger partial charge >= 0.3 is 29.6 Å². The Balaban J connectivity index is 0.00000256. The summed E-state index contributed by atoms with van der Waals surface area (Å²) < 4.78 is 11.5. The molecule has 30 heavy (non-hydrogen) atoms. The van der Waals surface area contributed by atoms with Gasteiger partial charge in [-0.2, -0.15) is 6.07 Å². The predicted molar refractivity (Wildman–Crippen MR) is 124 cm³/mol. The van der Waals surface area contributed by atoms with E-state index in [0.717, 1.165) is 28.4 Å². The average Bonchev–Trinajstić information content (AvgIpc) is 2.80. The van der Waals surface area contributed by atoms with Crippen molar-refractivity contribution >= 4 is 13.2 Å². The van der Waals surface area contributed by atoms with E-state index in [4.69, 9.17) is 9.47 Å². The Hall–Kier alpha value is -0.530. The molecule has 0 spiro atoms. The first kappa shape index (κ1) is 24.1. The van der Waals surface area contributed by atoms with Crippen molar-refractivity contribution in [2.24, 2.45) is 0 Å². The molecular weight excluding hydrogens is 398 g/mol. The number of hydrogen-bond donors (Lipinski definition) is 0. The normalized spacial score (nSPS) is 18.1. The Kier molecular flexibility index (Phi) is 9.58. The van der Waals surface area contributed by atoms with Crippen LogP contribution in [0.2, 0.25) is 0 Å². The smallest absolute Gasteiger partial charge is 0.522 e. The van der Waals surface area contributed by atoms with Crippen LogP contribution in [-0.2, 0) is 0 Å². The molecule has 0 heterocycles. The molecule has 2 fully saturated rings. The molecule has 0 unspecified atom stereocenters. The molecule has 4 heteroatoms. The van der Waals surface area contributed by atoms with Crippen molar-refractivity contribution in [2.75, 3.05) is 14.2 Å². The molecular formula is C26H34NaO2P. The second-order valence-electron chi connectivity index (χ2n) is 8.46. The van der Waals surface area contributed by atoms with Gasteiger partial charge in [-0.3, -0.25) is 0 Å². The molecule has 4 rings (SSSR count). The molecule has 2 nitrogen and oxygen atoms in total. The molecule has 2 aliphatic carbocycles. The van der Waals surface area contributed by atoms with Crippen molar-refractivity contribution < 1.29 is 39.0 Å². The second kappa shape index (κ2) is 11.9. The third-order valence-electron chi connectivity index (χ3n) is 6.73. The van der Waals surface area contributed by atoms with Crippen molar-refractivity contribution in [2.45, 2.75) is 75.5 Å². The third-order valence-corrected chi connectivity index (χ3v) is 10.3. The molecule has 0 N–H and O–H groups in total. The Morgan fingerprint density at radius 2 is 1.40 bits per heavy atom. The molecule has 0 amide bonds. The van der Waals surface area contributed by atoms with Gasteiger partial charge < -0.3 is 9.47 Å². The van der Waals surface area contributed by atoms with Crippen LogP contribution >= 0.6 is 7.92 Å². The Morgan fingerprint density at radius 3 is 1.97 bits per heavy atom. The minimum absolute atomic E-state index is 0. The molecule has 0 aliphatic heterocycles. The number of rotatable bonds is 6. The second-order valence-corrected chi connectivity index (χ2v) is 11.2. The van der Waals surface area contributed by atoms with E-state index in [0.29, 0.717) is 0 Å². The van der Waals surface area contributed by atoms with Crippen LogP contribution in [-0.4, -0.2) is 25.5 Å². The van der Waals surface area contributed by atoms with Gasteiger partial charge in [-0.05, 0) is 47.9 Å². The van der Waals surface area contributed by atoms with Gasteiger partial charge in [0, 0.05) is 11.5 Å². The fraction of sp³-hybridized carbons (Fsp3) is 0.538. The van der Waals surface area contributed by atoms with Crippen LogP contribution in [0.1, 0.15) is 64.2 Å². The van der Waals surface area contributed by atoms with Crippen LogP contribution in [0.3, 0.4) is 0 Å². The molecule has 2 aliphatic rings. The van der Waals surface area contributed by atoms with Crippen LogP contribution in [0.25, 0.3) is 11.1 Å². The van der Waals surface area contributed by atoms with Gasteiger partial charge in [0.25, 0.3) is 0 Å². The first-order valence-electron chi connectivity index (χ1n) is 11.3. The zero-order chi connectivity index (χ0) is 20.1. The Bertz CT molecular complexity index is 757. The van der Waals surface area contributed by atoms with Gasteiger partial charge in [-0.1, -0.05) is 76.3 Å². The van der Waals surface area contributed by atoms with E-state index in [2.05, 4.69) is 30.3 Å². The summed E-state index contributed by atoms with van der Waals surface area (Å²) in [6, 6.07) is 16.3. The molecule has 2 aromatic rings. The van der Waals surface area contributed by atoms with E-state index >= 15 is 0 Å². The zero-order valence-corrected chi connectivity index (χ0v) is 21.8. The molecule has 0 atom stereocenters. The molecule has 156 valence electrons. The summed E-state index contributed by atoms with van der Waals surface area (Å²) in [6.07, 6.45) is 14.1. The SMILES string of the molecule is COc1[c-]ccc(OC)c1-c1ccccc1P(C1CCCCC1)C1CCCCC1.[Na+]. The fourth-order valence-electron chi connectivity index (χ4n) is 5.37. The molecule has 0 bridgehead atoms. The first-order chi connectivity index (χ1) is 14.3. The molecule has 0 radical (unpaired) electrons. The summed E-state index contributed by atoms with van der Waals surface area (Å²) in [5.74, 6) is 1.68. The van der Waals surface area contributed by atoms with E-state index < -0.39 is 0 Å². The van der Waals surface area contributed by atoms with Crippen LogP contribution < -0.4 is 44.3 Å². The van der Waals surface area contributed by atoms with E-state index in [-0.39, 0.29) is 37.5 Å². The third kappa shape index (κ3) is 5.26. The molecule has 2 aromatic carbocycles. The van der Waals surface area contributed by atoms with Gasteiger partial charge in [0.1, 0.15) is 0 Å². The van der Waals surface area contributed by atoms with Crippen LogP contribution in [0.5, 0.6) is 11.5 Å². The van der Waals surface area contributed by atoms with Crippen molar-refractivity contribution in [1.29, 1.82) is 0 Å². The molecule has 2 saturated carbocycles. The number of hydrogen-bond acceptors (Lipinski definition) is 2. The molecule has 0 aromatic heterocycles. The number of methoxy groups -OCH3 is 2. The van der Waals surface area contributed by atoms with Crippen LogP contribution in [0.15, 0.2) is 36.4 Å². The summed E-state index contributed by atoms with van der Waals surface area (Å²) in [7, 11) is 3.30. The maximum atomic E-state index is 5.78. The van der Waals surface area contributed by atoms with Gasteiger partial charge in [-0.15, -0.1) is 12.1 Å². The largest absolute Gasteiger partial charge is 1.00 e. The van der Waals surface area contributed by atoms with Crippen LogP contribution in [0.4, 0.5) is 0 Å². The summed E-state index contributed by atoms with van der Waals surface area (Å²) >= 11 is 0. The van der Waals surface area contributed by atoms with Crippen molar-refractivity contribution in [1.82, 2.24) is 0 Å². The van der Waals surface area contributed by atoms with Crippen molar-refractivity contribution in [3.8, 4) is 22.6 Å². The summed E-state index contributed by atoms with van der Waals surface area (Å²) in [5, 5.41) is 1.57. The van der Waals surface area contributed by atoms with Crippen LogP contribution in [0, 0.1) is 6.07 Å². The minimum atomic E-state index is -0.196. The molecule has 0 saturated heterocycles. The van der Waals surface area contributed by atoms with Crippen molar-refractivity contribution in [3.63, 3.8) is 0 Å². The van der Waals surface area contributed by atoms with Crippen molar-refractivity contribution in [3.05, 3.63) is 42.5 Å². The van der Waals surface area contributed by atoms with E-state index in [1.54, 1.807) is 19.5 Å². The maximum absolute atomic E-state index is 5.78. The van der Waals surface area contributed by atoms with E-state index in [9.17, 15) is 0 Å². The average molecular weight is 433 g/mol. The maximum Gasteiger partial charge on any atom is 1.00 e. The monoisotopic (exact) mass is 432 g/mol. The van der Waals surface area contributed by atoms with Gasteiger partial charge in [-0.25, -0.2) is 0 Å². The zero-order valence-electron chi connectivity index (χ0n) is 19.0. The number of ether oxygens (including phenoxy) is 2. The standard InChI is InChI=1S/C26H34O2P.Na/c1-27-23-17-11-18-24(28-2)26(23)22-16-9-10-19-25(22)29(20-12-5-3-6-13-20)21-14-7-4-8-15-21;/h9-11,16-17,19-21H,3-8,12-15H2,1-2H3;/q-1;+1. The van der Waals surface area contributed by atoms with Gasteiger partial charge in [0.05, 0.1) is 14.2 Å². The van der Waals surface area contributed by atoms with Gasteiger partial charge in [0.2, 0.25) is 0 Å². The first-order valence-corrected chi connectivity index (χ1v) is 12.8. The predicted octanol–water partition coefficient (Wildman–Crippen LogP) is 3.95. The summed E-state index contributed by atoms with van der Waals surface area (Å²) in [5.41, 5.74) is 4.12. The fourth-order valence-corrected chi connectivity index (χ4v) is 9.32. The Morgan fingerprint density at radius 1 is 0.800 bits per heavy atom. The minimum Gasteiger partial charge on any atom is -0.522 e. The topological polar surface area (TPSA) is 18.5 Å². The number of benzene rings is 2. The Labute approximate surface area is 206 Å².